The minimum atomic E-state index is -1.70. The molecular formula is C23H27N3O5S. The van der Waals surface area contributed by atoms with Crippen LogP contribution in [0.2, 0.25) is 0 Å². The monoisotopic (exact) mass is 457 g/mol. The van der Waals surface area contributed by atoms with E-state index < -0.39 is 17.2 Å². The Labute approximate surface area is 189 Å². The number of carbonyl (C=O) groups is 2. The number of aromatic amines is 1. The molecule has 1 amide bonds. The molecule has 0 spiro atoms. The van der Waals surface area contributed by atoms with Gasteiger partial charge in [0.1, 0.15) is 5.75 Å². The van der Waals surface area contributed by atoms with E-state index in [0.717, 1.165) is 42.6 Å². The number of aliphatic carboxylic acids is 1. The summed E-state index contributed by atoms with van der Waals surface area (Å²) < 4.78 is 20.3. The van der Waals surface area contributed by atoms with Crippen LogP contribution in [0.3, 0.4) is 0 Å². The first-order valence-electron chi connectivity index (χ1n) is 10.8. The second kappa shape index (κ2) is 9.30. The van der Waals surface area contributed by atoms with Crippen molar-refractivity contribution in [1.29, 1.82) is 0 Å². The minimum Gasteiger partial charge on any atom is -0.481 e. The lowest BCUT2D eigenvalue weighted by Gasteiger charge is -2.12. The van der Waals surface area contributed by atoms with Crippen molar-refractivity contribution < 1.29 is 23.1 Å². The summed E-state index contributed by atoms with van der Waals surface area (Å²) in [7, 11) is 0. The van der Waals surface area contributed by atoms with Gasteiger partial charge in [0.05, 0.1) is 5.57 Å². The van der Waals surface area contributed by atoms with Gasteiger partial charge in [-0.25, -0.2) is 4.72 Å². The summed E-state index contributed by atoms with van der Waals surface area (Å²) in [4.78, 5) is 27.4. The van der Waals surface area contributed by atoms with Crippen molar-refractivity contribution in [2.24, 2.45) is 0 Å². The molecule has 0 radical (unpaired) electrons. The molecule has 1 unspecified atom stereocenters. The maximum absolute atomic E-state index is 12.7. The normalized spacial score (nSPS) is 17.2. The van der Waals surface area contributed by atoms with E-state index in [2.05, 4.69) is 15.0 Å². The first-order valence-corrected chi connectivity index (χ1v) is 11.9. The minimum absolute atomic E-state index is 0.00732. The van der Waals surface area contributed by atoms with Crippen LogP contribution in [0.1, 0.15) is 61.2 Å². The molecule has 2 heterocycles. The van der Waals surface area contributed by atoms with Gasteiger partial charge in [-0.1, -0.05) is 0 Å². The lowest BCUT2D eigenvalue weighted by atomic mass is 9.92. The number of aryl methyl sites for hydroxylation is 1. The fourth-order valence-electron chi connectivity index (χ4n) is 4.23. The van der Waals surface area contributed by atoms with Crippen molar-refractivity contribution in [2.75, 3.05) is 5.32 Å². The molecule has 4 rings (SSSR count). The van der Waals surface area contributed by atoms with Crippen molar-refractivity contribution in [3.63, 3.8) is 0 Å². The summed E-state index contributed by atoms with van der Waals surface area (Å²) >= 11 is -1.70. The van der Waals surface area contributed by atoms with Crippen LogP contribution in [0.5, 0.6) is 5.75 Å². The predicted molar refractivity (Wildman–Crippen MR) is 123 cm³/mol. The molecule has 9 heteroatoms. The van der Waals surface area contributed by atoms with Crippen LogP contribution in [0, 0.1) is 0 Å². The molecule has 2 aliphatic rings. The van der Waals surface area contributed by atoms with Gasteiger partial charge >= 0.3 is 5.97 Å². The highest BCUT2D eigenvalue weighted by molar-refractivity contribution is 7.78. The largest absolute Gasteiger partial charge is 0.481 e. The van der Waals surface area contributed by atoms with Crippen molar-refractivity contribution >= 4 is 40.5 Å². The maximum atomic E-state index is 12.7. The van der Waals surface area contributed by atoms with Gasteiger partial charge in [0.2, 0.25) is 0 Å². The Morgan fingerprint density at radius 1 is 1.31 bits per heavy atom. The van der Waals surface area contributed by atoms with E-state index in [1.807, 2.05) is 13.8 Å². The highest BCUT2D eigenvalue weighted by atomic mass is 32.2. The third-order valence-corrected chi connectivity index (χ3v) is 6.61. The van der Waals surface area contributed by atoms with Gasteiger partial charge in [-0.3, -0.25) is 9.59 Å². The Hall–Kier alpha value is -2.91. The fourth-order valence-corrected chi connectivity index (χ4v) is 4.94. The number of aromatic nitrogens is 1. The number of hydrogen-bond donors (Lipinski definition) is 4. The highest BCUT2D eigenvalue weighted by Crippen LogP contribution is 2.37. The average molecular weight is 458 g/mol. The number of carbonyl (C=O) groups excluding carboxylic acids is 1. The summed E-state index contributed by atoms with van der Waals surface area (Å²) in [6.07, 6.45) is 6.25. The first-order chi connectivity index (χ1) is 15.3. The van der Waals surface area contributed by atoms with E-state index in [-0.39, 0.29) is 18.4 Å². The van der Waals surface area contributed by atoms with Crippen LogP contribution >= 0.6 is 0 Å². The number of anilines is 1. The zero-order valence-corrected chi connectivity index (χ0v) is 18.9. The third kappa shape index (κ3) is 4.78. The summed E-state index contributed by atoms with van der Waals surface area (Å²) in [6, 6.07) is 5.07. The Morgan fingerprint density at radius 3 is 2.84 bits per heavy atom. The number of carboxylic acid groups (broad SMARTS) is 1. The van der Waals surface area contributed by atoms with Gasteiger partial charge in [0.15, 0.2) is 0 Å². The summed E-state index contributed by atoms with van der Waals surface area (Å²) in [5.41, 5.74) is 5.86. The lowest BCUT2D eigenvalue weighted by Crippen LogP contribution is -2.28. The van der Waals surface area contributed by atoms with E-state index in [1.165, 1.54) is 5.56 Å². The number of fused-ring (bicyclic) bond motifs is 2. The van der Waals surface area contributed by atoms with Gasteiger partial charge in [0.25, 0.3) is 17.2 Å². The zero-order valence-electron chi connectivity index (χ0n) is 18.1. The van der Waals surface area contributed by atoms with Crippen LogP contribution < -0.4 is 14.2 Å². The molecule has 2 aromatic rings. The number of carboxylic acids is 1. The zero-order chi connectivity index (χ0) is 22.8. The fraction of sp³-hybridized carbons (Fsp3) is 0.391. The van der Waals surface area contributed by atoms with Crippen molar-refractivity contribution in [3.05, 3.63) is 46.3 Å². The van der Waals surface area contributed by atoms with E-state index in [9.17, 15) is 18.9 Å². The molecule has 1 aromatic carbocycles. The average Bonchev–Trinajstić information content (AvgIpc) is 3.23. The van der Waals surface area contributed by atoms with Gasteiger partial charge < -0.3 is 19.6 Å². The van der Waals surface area contributed by atoms with Gasteiger partial charge in [-0.2, -0.15) is 4.21 Å². The molecule has 1 aliphatic carbocycles. The molecule has 0 fully saturated rings. The summed E-state index contributed by atoms with van der Waals surface area (Å²) in [6.45, 7) is 3.73. The van der Waals surface area contributed by atoms with Crippen LogP contribution in [0.25, 0.3) is 11.6 Å². The molecule has 170 valence electrons. The molecule has 0 bridgehead atoms. The maximum Gasteiger partial charge on any atom is 0.303 e. The van der Waals surface area contributed by atoms with Crippen molar-refractivity contribution in [2.45, 2.75) is 58.4 Å². The number of nitrogens with one attached hydrogen (secondary N) is 3. The second-order valence-corrected chi connectivity index (χ2v) is 9.26. The third-order valence-electron chi connectivity index (χ3n) is 5.60. The van der Waals surface area contributed by atoms with E-state index in [0.29, 0.717) is 29.0 Å². The number of amides is 1. The second-order valence-electron chi connectivity index (χ2n) is 8.39. The number of benzene rings is 1. The molecule has 1 atom stereocenters. The Kier molecular flexibility index (Phi) is 6.48. The quantitative estimate of drug-likeness (QED) is 0.453. The van der Waals surface area contributed by atoms with E-state index >= 15 is 0 Å². The molecule has 1 aromatic heterocycles. The molecule has 8 nitrogen and oxygen atoms in total. The number of H-pyrrole nitrogens is 1. The molecule has 1 aliphatic heterocycles. The Morgan fingerprint density at radius 2 is 2.09 bits per heavy atom. The van der Waals surface area contributed by atoms with Crippen molar-refractivity contribution in [1.82, 2.24) is 9.71 Å². The first kappa shape index (κ1) is 22.3. The SMILES string of the molecule is CC(C)NS(=O)Oc1ccc2c(c1)/C(=C/c1[nH]c3c(c1CCC(=O)O)CCCC3)C(=O)N2. The Balaban J connectivity index is 1.69. The Bertz CT molecular complexity index is 1120. The van der Waals surface area contributed by atoms with Gasteiger partial charge in [-0.05, 0) is 81.4 Å². The lowest BCUT2D eigenvalue weighted by molar-refractivity contribution is -0.137. The van der Waals surface area contributed by atoms with Crippen LogP contribution in [0.4, 0.5) is 5.69 Å². The predicted octanol–water partition coefficient (Wildman–Crippen LogP) is 3.36. The highest BCUT2D eigenvalue weighted by Gasteiger charge is 2.27. The standard InChI is InChI=1S/C23H27N3O5S/c1-13(2)26-32(30)31-14-7-9-20-17(11-14)18(23(29)25-20)12-21-16(8-10-22(27)28)15-5-3-4-6-19(15)24-21/h7,9,11-13,24,26H,3-6,8,10H2,1-2H3,(H,25,29)(H,27,28)/b18-12-. The smallest absolute Gasteiger partial charge is 0.303 e. The van der Waals surface area contributed by atoms with Crippen molar-refractivity contribution in [3.8, 4) is 5.75 Å². The molecule has 4 N–H and O–H groups in total. The number of rotatable bonds is 8. The van der Waals surface area contributed by atoms with E-state index in [1.54, 1.807) is 24.3 Å². The molecule has 0 saturated heterocycles. The molecule has 0 saturated carbocycles. The van der Waals surface area contributed by atoms with Crippen LogP contribution in [-0.2, 0) is 40.1 Å². The van der Waals surface area contributed by atoms with Crippen LogP contribution in [-0.4, -0.2) is 32.2 Å². The van der Waals surface area contributed by atoms with E-state index in [4.69, 9.17) is 4.18 Å². The summed E-state index contributed by atoms with van der Waals surface area (Å²) in [5, 5.41) is 12.0. The number of hydrogen-bond acceptors (Lipinski definition) is 4. The molecule has 32 heavy (non-hydrogen) atoms. The van der Waals surface area contributed by atoms with Gasteiger partial charge in [-0.15, -0.1) is 0 Å². The molecular weight excluding hydrogens is 430 g/mol. The van der Waals surface area contributed by atoms with Gasteiger partial charge in [0, 0.05) is 35.1 Å². The van der Waals surface area contributed by atoms with Crippen LogP contribution in [0.15, 0.2) is 18.2 Å². The topological polar surface area (TPSA) is 121 Å². The summed E-state index contributed by atoms with van der Waals surface area (Å²) in [5.74, 6) is -0.701.